The van der Waals surface area contributed by atoms with Gasteiger partial charge >= 0.3 is 0 Å². The fourth-order valence-electron chi connectivity index (χ4n) is 2.91. The number of hydrogen-bond acceptors (Lipinski definition) is 2. The number of rotatable bonds is 4. The average molecular weight is 442 g/mol. The molecule has 0 saturated heterocycles. The molecule has 2 aromatic carbocycles. The van der Waals surface area contributed by atoms with Gasteiger partial charge in [0.1, 0.15) is 5.69 Å². The summed E-state index contributed by atoms with van der Waals surface area (Å²) in [7, 11) is 0. The Balaban J connectivity index is 1.73. The van der Waals surface area contributed by atoms with Crippen LogP contribution in [-0.2, 0) is 0 Å². The Morgan fingerprint density at radius 1 is 1.15 bits per heavy atom. The van der Waals surface area contributed by atoms with Crippen LogP contribution < -0.4 is 5.43 Å². The van der Waals surface area contributed by atoms with Crippen molar-refractivity contribution in [2.75, 3.05) is 0 Å². The Bertz CT molecular complexity index is 1150. The van der Waals surface area contributed by atoms with Crippen molar-refractivity contribution in [1.29, 1.82) is 0 Å². The number of H-pyrrole nitrogens is 2. The van der Waals surface area contributed by atoms with Crippen LogP contribution in [0.1, 0.15) is 16.2 Å². The average Bonchev–Trinajstić information content (AvgIpc) is 3.25. The summed E-state index contributed by atoms with van der Waals surface area (Å²) < 4.78 is 0.942. The van der Waals surface area contributed by atoms with Gasteiger partial charge in [-0.15, -0.1) is 0 Å². The zero-order valence-electron chi connectivity index (χ0n) is 14.0. The minimum Gasteiger partial charge on any atom is -0.359 e. The summed E-state index contributed by atoms with van der Waals surface area (Å²) in [6.07, 6.45) is 3.18. The molecule has 0 spiro atoms. The quantitative estimate of drug-likeness (QED) is 0.290. The van der Waals surface area contributed by atoms with Crippen molar-refractivity contribution in [3.8, 4) is 11.1 Å². The zero-order chi connectivity index (χ0) is 18.8. The number of carbonyl (C=O) groups is 1. The summed E-state index contributed by atoms with van der Waals surface area (Å²) in [5.74, 6) is -0.333. The van der Waals surface area contributed by atoms with Gasteiger partial charge in [0.15, 0.2) is 0 Å². The normalized spacial score (nSPS) is 11.3. The lowest BCUT2D eigenvalue weighted by molar-refractivity contribution is 0.0951. The van der Waals surface area contributed by atoms with E-state index >= 15 is 0 Å². The highest BCUT2D eigenvalue weighted by molar-refractivity contribution is 9.10. The van der Waals surface area contributed by atoms with Gasteiger partial charge < -0.3 is 9.97 Å². The first-order chi connectivity index (χ1) is 13.1. The Hall–Kier alpha value is -2.83. The van der Waals surface area contributed by atoms with E-state index in [-0.39, 0.29) is 5.91 Å². The third-order valence-electron chi connectivity index (χ3n) is 4.14. The molecule has 3 N–H and O–H groups in total. The monoisotopic (exact) mass is 440 g/mol. The van der Waals surface area contributed by atoms with Crippen LogP contribution in [0, 0.1) is 0 Å². The van der Waals surface area contributed by atoms with E-state index in [2.05, 4.69) is 36.4 Å². The second kappa shape index (κ2) is 7.42. The number of amides is 1. The minimum absolute atomic E-state index is 0.333. The molecule has 0 bridgehead atoms. The van der Waals surface area contributed by atoms with Crippen LogP contribution in [0.4, 0.5) is 0 Å². The highest BCUT2D eigenvalue weighted by atomic mass is 79.9. The Kier molecular flexibility index (Phi) is 4.83. The minimum atomic E-state index is -0.333. The molecule has 0 saturated carbocycles. The maximum atomic E-state index is 12.8. The number of aromatic amines is 2. The Morgan fingerprint density at radius 3 is 2.70 bits per heavy atom. The summed E-state index contributed by atoms with van der Waals surface area (Å²) in [4.78, 5) is 18.9. The molecule has 4 rings (SSSR count). The topological polar surface area (TPSA) is 73.0 Å². The molecule has 27 heavy (non-hydrogen) atoms. The first-order valence-corrected chi connectivity index (χ1v) is 9.33. The second-order valence-corrected chi connectivity index (χ2v) is 7.19. The van der Waals surface area contributed by atoms with Gasteiger partial charge in [-0.3, -0.25) is 4.79 Å². The Labute approximate surface area is 168 Å². The first-order valence-electron chi connectivity index (χ1n) is 8.16. The van der Waals surface area contributed by atoms with Crippen molar-refractivity contribution in [3.63, 3.8) is 0 Å². The molecule has 5 nitrogen and oxygen atoms in total. The molecule has 1 amide bonds. The van der Waals surface area contributed by atoms with Gasteiger partial charge in [-0.2, -0.15) is 5.10 Å². The first kappa shape index (κ1) is 17.6. The molecule has 4 aromatic rings. The highest BCUT2D eigenvalue weighted by Crippen LogP contribution is 2.34. The molecule has 2 heterocycles. The summed E-state index contributed by atoms with van der Waals surface area (Å²) in [6, 6.07) is 17.4. The molecule has 134 valence electrons. The molecule has 0 fully saturated rings. The van der Waals surface area contributed by atoms with E-state index in [9.17, 15) is 4.79 Å². The molecule has 0 aliphatic carbocycles. The van der Waals surface area contributed by atoms with Crippen molar-refractivity contribution >= 4 is 50.6 Å². The van der Waals surface area contributed by atoms with E-state index in [1.54, 1.807) is 12.3 Å². The van der Waals surface area contributed by atoms with Crippen LogP contribution in [0.2, 0.25) is 5.02 Å². The highest BCUT2D eigenvalue weighted by Gasteiger charge is 2.19. The van der Waals surface area contributed by atoms with Gasteiger partial charge in [-0.1, -0.05) is 57.9 Å². The maximum absolute atomic E-state index is 12.8. The molecule has 0 aliphatic rings. The van der Waals surface area contributed by atoms with E-state index in [0.717, 1.165) is 26.5 Å². The van der Waals surface area contributed by atoms with E-state index in [0.29, 0.717) is 16.4 Å². The summed E-state index contributed by atoms with van der Waals surface area (Å²) >= 11 is 9.50. The molecule has 0 atom stereocenters. The maximum Gasteiger partial charge on any atom is 0.288 e. The van der Waals surface area contributed by atoms with Crippen LogP contribution in [0.5, 0.6) is 0 Å². The number of aromatic nitrogens is 2. The molecular weight excluding hydrogens is 428 g/mol. The van der Waals surface area contributed by atoms with Crippen molar-refractivity contribution in [2.24, 2.45) is 5.10 Å². The van der Waals surface area contributed by atoms with Gasteiger partial charge in [0.25, 0.3) is 5.91 Å². The van der Waals surface area contributed by atoms with Gasteiger partial charge in [0.2, 0.25) is 0 Å². The van der Waals surface area contributed by atoms with Crippen LogP contribution in [0.3, 0.4) is 0 Å². The number of carbonyl (C=O) groups excluding carboxylic acids is 1. The number of hydrazone groups is 1. The summed E-state index contributed by atoms with van der Waals surface area (Å²) in [6.45, 7) is 0. The van der Waals surface area contributed by atoms with Gasteiger partial charge in [0, 0.05) is 27.1 Å². The largest absolute Gasteiger partial charge is 0.359 e. The second-order valence-electron chi connectivity index (χ2n) is 5.87. The Morgan fingerprint density at radius 2 is 1.96 bits per heavy atom. The van der Waals surface area contributed by atoms with Crippen molar-refractivity contribution < 1.29 is 4.79 Å². The third kappa shape index (κ3) is 3.54. The lowest BCUT2D eigenvalue weighted by atomic mass is 10.0. The number of fused-ring (bicyclic) bond motifs is 1. The molecular formula is C20H14BrClN4O. The van der Waals surface area contributed by atoms with Crippen LogP contribution in [0.25, 0.3) is 22.0 Å². The summed E-state index contributed by atoms with van der Waals surface area (Å²) in [5.41, 5.74) is 6.29. The standard InChI is InChI=1S/C20H14BrClN4O/c21-13-6-7-16-14(10-13)18(12-4-2-1-3-5-12)19(25-16)20(27)26-24-11-17-15(22)8-9-23-17/h1-11,23,25H,(H,26,27)/b24-11+. The molecule has 7 heteroatoms. The molecule has 2 aromatic heterocycles. The molecule has 0 unspecified atom stereocenters. The zero-order valence-corrected chi connectivity index (χ0v) is 16.3. The smallest absolute Gasteiger partial charge is 0.288 e. The lowest BCUT2D eigenvalue weighted by Crippen LogP contribution is -2.18. The lowest BCUT2D eigenvalue weighted by Gasteiger charge is -2.04. The van der Waals surface area contributed by atoms with Gasteiger partial charge in [-0.25, -0.2) is 5.43 Å². The van der Waals surface area contributed by atoms with Crippen LogP contribution >= 0.6 is 27.5 Å². The molecule has 0 radical (unpaired) electrons. The fraction of sp³-hybridized carbons (Fsp3) is 0. The number of benzene rings is 2. The van der Waals surface area contributed by atoms with E-state index in [1.165, 1.54) is 6.21 Å². The van der Waals surface area contributed by atoms with Crippen LogP contribution in [-0.4, -0.2) is 22.1 Å². The van der Waals surface area contributed by atoms with E-state index in [1.807, 2.05) is 48.5 Å². The van der Waals surface area contributed by atoms with Crippen LogP contribution in [0.15, 0.2) is 70.4 Å². The predicted octanol–water partition coefficient (Wildman–Crippen LogP) is 5.34. The third-order valence-corrected chi connectivity index (χ3v) is 4.96. The van der Waals surface area contributed by atoms with Crippen molar-refractivity contribution in [1.82, 2.24) is 15.4 Å². The van der Waals surface area contributed by atoms with Crippen molar-refractivity contribution in [2.45, 2.75) is 0 Å². The number of halogens is 2. The number of hydrogen-bond donors (Lipinski definition) is 3. The fourth-order valence-corrected chi connectivity index (χ4v) is 3.44. The van der Waals surface area contributed by atoms with Crippen molar-refractivity contribution in [3.05, 3.63) is 81.7 Å². The predicted molar refractivity (Wildman–Crippen MR) is 112 cm³/mol. The molecule has 0 aliphatic heterocycles. The summed E-state index contributed by atoms with van der Waals surface area (Å²) in [5, 5.41) is 5.50. The SMILES string of the molecule is O=C(N/N=C/c1[nH]ccc1Cl)c1[nH]c2ccc(Br)cc2c1-c1ccccc1. The van der Waals surface area contributed by atoms with Gasteiger partial charge in [-0.05, 0) is 29.8 Å². The van der Waals surface area contributed by atoms with Gasteiger partial charge in [0.05, 0.1) is 16.9 Å². The van der Waals surface area contributed by atoms with E-state index in [4.69, 9.17) is 11.6 Å². The number of nitrogens with one attached hydrogen (secondary N) is 3. The van der Waals surface area contributed by atoms with E-state index < -0.39 is 0 Å². The number of nitrogens with zero attached hydrogens (tertiary/aromatic N) is 1.